The summed E-state index contributed by atoms with van der Waals surface area (Å²) in [6.45, 7) is 0. The lowest BCUT2D eigenvalue weighted by Crippen LogP contribution is -2.09. The smallest absolute Gasteiger partial charge is 0.135 e. The highest BCUT2D eigenvalue weighted by Crippen LogP contribution is 2.40. The summed E-state index contributed by atoms with van der Waals surface area (Å²) in [6.07, 6.45) is 0. The Morgan fingerprint density at radius 3 is 1.48 bits per heavy atom. The maximum Gasteiger partial charge on any atom is 0.135 e. The van der Waals surface area contributed by atoms with Gasteiger partial charge in [0, 0.05) is 28.0 Å². The van der Waals surface area contributed by atoms with Crippen molar-refractivity contribution in [2.24, 2.45) is 0 Å². The summed E-state index contributed by atoms with van der Waals surface area (Å²) in [5.74, 6) is 0.880. The molecule has 0 aliphatic carbocycles. The topological polar surface area (TPSA) is 16.4 Å². The third-order valence-electron chi connectivity index (χ3n) is 11.7. The van der Waals surface area contributed by atoms with Crippen LogP contribution in [-0.4, -0.2) is 0 Å². The van der Waals surface area contributed by atoms with Gasteiger partial charge in [0.05, 0.1) is 0 Å². The Morgan fingerprint density at radius 2 is 0.767 bits per heavy atom. The molecule has 1 heterocycles. The van der Waals surface area contributed by atoms with Crippen LogP contribution in [0.3, 0.4) is 0 Å². The van der Waals surface area contributed by atoms with Crippen LogP contribution in [0, 0.1) is 0 Å². The van der Waals surface area contributed by atoms with Crippen LogP contribution in [0.5, 0.6) is 0 Å². The van der Waals surface area contributed by atoms with Crippen LogP contribution in [0.1, 0.15) is 0 Å². The molecule has 0 unspecified atom stereocenters. The van der Waals surface area contributed by atoms with E-state index >= 15 is 0 Å². The van der Waals surface area contributed by atoms with E-state index < -0.39 is 0 Å². The van der Waals surface area contributed by atoms with E-state index in [-0.39, 0.29) is 0 Å². The lowest BCUT2D eigenvalue weighted by Gasteiger charge is -2.26. The summed E-state index contributed by atoms with van der Waals surface area (Å²) in [5.41, 5.74) is 14.8. The molecule has 11 aromatic rings. The molecule has 11 rings (SSSR count). The average Bonchev–Trinajstić information content (AvgIpc) is 3.77. The van der Waals surface area contributed by atoms with Gasteiger partial charge in [0.25, 0.3) is 0 Å². The Balaban J connectivity index is 0.927. The molecule has 2 nitrogen and oxygen atoms in total. The molecule has 0 saturated carbocycles. The van der Waals surface area contributed by atoms with Crippen LogP contribution < -0.4 is 4.90 Å². The molecule has 0 N–H and O–H groups in total. The number of hydrogen-bond acceptors (Lipinski definition) is 2. The molecular formula is C58H39NO. The van der Waals surface area contributed by atoms with Gasteiger partial charge >= 0.3 is 0 Å². The second kappa shape index (κ2) is 15.1. The molecule has 2 heteroatoms. The summed E-state index contributed by atoms with van der Waals surface area (Å²) in [5, 5.41) is 6.10. The van der Waals surface area contributed by atoms with Gasteiger partial charge in [-0.3, -0.25) is 0 Å². The zero-order valence-electron chi connectivity index (χ0n) is 32.9. The number of rotatable bonds is 8. The Morgan fingerprint density at radius 1 is 0.267 bits per heavy atom. The van der Waals surface area contributed by atoms with Crippen molar-refractivity contribution in [3.05, 3.63) is 237 Å². The number of hydrogen-bond donors (Lipinski definition) is 0. The number of anilines is 3. The predicted octanol–water partition coefficient (Wildman–Crippen LogP) is 16.5. The zero-order valence-corrected chi connectivity index (χ0v) is 32.9. The summed E-state index contributed by atoms with van der Waals surface area (Å²) in [7, 11) is 0. The van der Waals surface area contributed by atoms with E-state index in [2.05, 4.69) is 223 Å². The molecule has 0 amide bonds. The molecule has 0 aliphatic heterocycles. The van der Waals surface area contributed by atoms with Gasteiger partial charge in [-0.05, 0) is 121 Å². The molecule has 0 aliphatic rings. The van der Waals surface area contributed by atoms with Gasteiger partial charge in [-0.25, -0.2) is 0 Å². The molecule has 60 heavy (non-hydrogen) atoms. The fourth-order valence-corrected chi connectivity index (χ4v) is 8.62. The second-order valence-electron chi connectivity index (χ2n) is 15.3. The first-order valence-electron chi connectivity index (χ1n) is 20.5. The normalized spacial score (nSPS) is 11.3. The Kier molecular flexibility index (Phi) is 8.87. The molecule has 0 atom stereocenters. The van der Waals surface area contributed by atoms with Crippen molar-refractivity contribution in [2.75, 3.05) is 4.90 Å². The van der Waals surface area contributed by atoms with Crippen molar-refractivity contribution in [1.82, 2.24) is 0 Å². The molecule has 0 fully saturated rings. The van der Waals surface area contributed by atoms with Crippen molar-refractivity contribution in [3.63, 3.8) is 0 Å². The third-order valence-corrected chi connectivity index (χ3v) is 11.7. The van der Waals surface area contributed by atoms with Crippen molar-refractivity contribution in [2.45, 2.75) is 0 Å². The van der Waals surface area contributed by atoms with Crippen molar-refractivity contribution in [1.29, 1.82) is 0 Å². The minimum atomic E-state index is 0.880. The van der Waals surface area contributed by atoms with Crippen LogP contribution >= 0.6 is 0 Å². The molecule has 10 aromatic carbocycles. The largest absolute Gasteiger partial charge is 0.456 e. The minimum absolute atomic E-state index is 0.880. The van der Waals surface area contributed by atoms with Crippen molar-refractivity contribution >= 4 is 49.6 Å². The zero-order chi connectivity index (χ0) is 39.8. The lowest BCUT2D eigenvalue weighted by atomic mass is 9.94. The monoisotopic (exact) mass is 765 g/mol. The van der Waals surface area contributed by atoms with E-state index in [0.29, 0.717) is 0 Å². The van der Waals surface area contributed by atoms with Gasteiger partial charge in [-0.1, -0.05) is 182 Å². The maximum atomic E-state index is 6.18. The maximum absolute atomic E-state index is 6.18. The highest BCUT2D eigenvalue weighted by Gasteiger charge is 2.16. The minimum Gasteiger partial charge on any atom is -0.456 e. The Bertz CT molecular complexity index is 3260. The standard InChI is InChI=1S/C58H39NO/c1-2-11-43(12-3-1)53-18-7-8-19-55(53)45-29-33-51(34-30-45)59(52-35-36-56-47(38-52)26-25-44-13-4-6-17-54(44)56)50-31-27-41(28-32-50)40-21-23-42(24-22-40)46-15-10-16-48(37-46)58-39-49-14-5-9-20-57(49)60-58/h1-39H. The first-order valence-corrected chi connectivity index (χ1v) is 20.5. The van der Waals surface area contributed by atoms with E-state index in [0.717, 1.165) is 44.9 Å². The van der Waals surface area contributed by atoms with Crippen LogP contribution in [0.25, 0.3) is 88.3 Å². The predicted molar refractivity (Wildman–Crippen MR) is 253 cm³/mol. The van der Waals surface area contributed by atoms with Gasteiger partial charge in [-0.2, -0.15) is 0 Å². The summed E-state index contributed by atoms with van der Waals surface area (Å²) in [4.78, 5) is 2.36. The Hall–Kier alpha value is -7.94. The van der Waals surface area contributed by atoms with Gasteiger partial charge in [-0.15, -0.1) is 0 Å². The van der Waals surface area contributed by atoms with Crippen molar-refractivity contribution in [3.8, 4) is 55.8 Å². The fraction of sp³-hybridized carbons (Fsp3) is 0. The fourth-order valence-electron chi connectivity index (χ4n) is 8.62. The molecule has 0 spiro atoms. The van der Waals surface area contributed by atoms with Crippen LogP contribution in [0.4, 0.5) is 17.1 Å². The summed E-state index contributed by atoms with van der Waals surface area (Å²) in [6, 6.07) is 84.9. The second-order valence-corrected chi connectivity index (χ2v) is 15.3. The molecule has 282 valence electrons. The molecule has 0 bridgehead atoms. The number of fused-ring (bicyclic) bond motifs is 4. The number of furan rings is 1. The number of para-hydroxylation sites is 1. The summed E-state index contributed by atoms with van der Waals surface area (Å²) < 4.78 is 6.18. The van der Waals surface area contributed by atoms with E-state index in [4.69, 9.17) is 4.42 Å². The number of nitrogens with zero attached hydrogens (tertiary/aromatic N) is 1. The molecular weight excluding hydrogens is 727 g/mol. The first kappa shape index (κ1) is 35.2. The van der Waals surface area contributed by atoms with Gasteiger partial charge in [0.2, 0.25) is 0 Å². The molecule has 0 radical (unpaired) electrons. The quantitative estimate of drug-likeness (QED) is 0.143. The lowest BCUT2D eigenvalue weighted by molar-refractivity contribution is 0.631. The van der Waals surface area contributed by atoms with E-state index in [1.807, 2.05) is 18.2 Å². The van der Waals surface area contributed by atoms with E-state index in [1.54, 1.807) is 0 Å². The van der Waals surface area contributed by atoms with E-state index in [1.165, 1.54) is 60.5 Å². The first-order chi connectivity index (χ1) is 29.7. The highest BCUT2D eigenvalue weighted by atomic mass is 16.3. The van der Waals surface area contributed by atoms with Crippen LogP contribution in [0.15, 0.2) is 241 Å². The van der Waals surface area contributed by atoms with E-state index in [9.17, 15) is 0 Å². The van der Waals surface area contributed by atoms with Crippen molar-refractivity contribution < 1.29 is 4.42 Å². The average molecular weight is 766 g/mol. The van der Waals surface area contributed by atoms with Gasteiger partial charge in [0.15, 0.2) is 0 Å². The molecule has 1 aromatic heterocycles. The van der Waals surface area contributed by atoms with Crippen LogP contribution in [-0.2, 0) is 0 Å². The summed E-state index contributed by atoms with van der Waals surface area (Å²) >= 11 is 0. The van der Waals surface area contributed by atoms with Crippen LogP contribution in [0.2, 0.25) is 0 Å². The van der Waals surface area contributed by atoms with Gasteiger partial charge in [0.1, 0.15) is 11.3 Å². The highest BCUT2D eigenvalue weighted by molar-refractivity contribution is 6.08. The van der Waals surface area contributed by atoms with Gasteiger partial charge < -0.3 is 9.32 Å². The SMILES string of the molecule is c1ccc(-c2ccccc2-c2ccc(N(c3ccc(-c4ccc(-c5cccc(-c6cc7ccccc7o6)c5)cc4)cc3)c3ccc4c(ccc5ccccc54)c3)cc2)cc1. The molecule has 0 saturated heterocycles. The Labute approximate surface area is 349 Å². The third kappa shape index (κ3) is 6.61. The number of benzene rings is 10.